The molecule has 2 unspecified atom stereocenters. The minimum Gasteiger partial charge on any atom is -0.387 e. The first-order valence-electron chi connectivity index (χ1n) is 6.40. The van der Waals surface area contributed by atoms with Crippen LogP contribution in [0, 0.1) is 10.8 Å². The van der Waals surface area contributed by atoms with E-state index in [0.29, 0.717) is 11.1 Å². The number of halogens is 3. The number of rotatable bonds is 7. The Bertz CT molecular complexity index is 497. The van der Waals surface area contributed by atoms with E-state index >= 15 is 0 Å². The molecule has 0 aliphatic rings. The highest BCUT2D eigenvalue weighted by molar-refractivity contribution is 8.25. The van der Waals surface area contributed by atoms with Gasteiger partial charge in [-0.3, -0.25) is 10.2 Å². The van der Waals surface area contributed by atoms with Crippen molar-refractivity contribution >= 4 is 28.6 Å². The van der Waals surface area contributed by atoms with Gasteiger partial charge in [0.15, 0.2) is 6.29 Å². The van der Waals surface area contributed by atoms with Crippen LogP contribution in [0.1, 0.15) is 17.2 Å². The molecule has 0 radical (unpaired) electrons. The normalized spacial score (nSPS) is 12.8. The molecular weight excluding hydrogens is 331 g/mol. The van der Waals surface area contributed by atoms with E-state index in [4.69, 9.17) is 15.6 Å². The zero-order valence-electron chi connectivity index (χ0n) is 12.3. The molecule has 0 amide bonds. The van der Waals surface area contributed by atoms with Crippen molar-refractivity contribution in [2.24, 2.45) is 0 Å². The van der Waals surface area contributed by atoms with Gasteiger partial charge in [0.25, 0.3) is 6.43 Å². The lowest BCUT2D eigenvalue weighted by Crippen LogP contribution is -2.34. The largest absolute Gasteiger partial charge is 0.387 e. The van der Waals surface area contributed by atoms with Crippen molar-refractivity contribution in [3.8, 4) is 0 Å². The molecule has 128 valence electrons. The molecule has 1 aromatic carbocycles. The number of likely N-dealkylation sites (N-methyl/N-ethyl adjacent to an activating group) is 1. The third-order valence-electron chi connectivity index (χ3n) is 2.71. The quantitative estimate of drug-likeness (QED) is 0.345. The first-order valence-corrected chi connectivity index (χ1v) is 7.28. The van der Waals surface area contributed by atoms with Crippen molar-refractivity contribution < 1.29 is 23.1 Å². The molecule has 0 spiro atoms. The molecular formula is C14H18F3N3O2S. The molecule has 1 rings (SSSR count). The van der Waals surface area contributed by atoms with Crippen LogP contribution >= 0.6 is 11.8 Å². The molecule has 0 bridgehead atoms. The van der Waals surface area contributed by atoms with Crippen molar-refractivity contribution in [1.29, 1.82) is 10.8 Å². The highest BCUT2D eigenvalue weighted by atomic mass is 32.2. The summed E-state index contributed by atoms with van der Waals surface area (Å²) >= 11 is 1.00. The van der Waals surface area contributed by atoms with Gasteiger partial charge >= 0.3 is 0 Å². The molecule has 0 aromatic heterocycles. The number of nitrogens with one attached hydrogen (secondary N) is 3. The Morgan fingerprint density at radius 2 is 1.91 bits per heavy atom. The van der Waals surface area contributed by atoms with Gasteiger partial charge in [-0.05, 0) is 12.6 Å². The number of benzene rings is 1. The van der Waals surface area contributed by atoms with E-state index in [1.165, 1.54) is 0 Å². The Hall–Kier alpha value is -1.71. The Morgan fingerprint density at radius 1 is 1.39 bits per heavy atom. The number of carbonyl (C=O) groups excluding carboxylic acids is 1. The summed E-state index contributed by atoms with van der Waals surface area (Å²) in [5, 5.41) is 27.4. The van der Waals surface area contributed by atoms with Crippen molar-refractivity contribution in [2.75, 3.05) is 13.7 Å². The molecule has 0 saturated heterocycles. The minimum atomic E-state index is -2.80. The number of thioether (sulfide) groups is 1. The van der Waals surface area contributed by atoms with Gasteiger partial charge in [0.05, 0.1) is 22.7 Å². The van der Waals surface area contributed by atoms with Crippen LogP contribution in [0.2, 0.25) is 0 Å². The van der Waals surface area contributed by atoms with E-state index in [2.05, 4.69) is 5.32 Å². The van der Waals surface area contributed by atoms with E-state index in [-0.39, 0.29) is 5.04 Å². The molecule has 0 saturated carbocycles. The van der Waals surface area contributed by atoms with Crippen LogP contribution in [0.3, 0.4) is 0 Å². The molecule has 1 aromatic rings. The molecule has 0 heterocycles. The van der Waals surface area contributed by atoms with E-state index in [1.807, 2.05) is 0 Å². The summed E-state index contributed by atoms with van der Waals surface area (Å²) in [5.41, 5.74) is 2.36. The predicted octanol–water partition coefficient (Wildman–Crippen LogP) is 2.39. The predicted molar refractivity (Wildman–Crippen MR) is 85.5 cm³/mol. The molecule has 0 aliphatic carbocycles. The van der Waals surface area contributed by atoms with E-state index in [0.717, 1.165) is 17.3 Å². The second-order valence-corrected chi connectivity index (χ2v) is 5.03. The lowest BCUT2D eigenvalue weighted by Gasteiger charge is -2.19. The lowest BCUT2D eigenvalue weighted by molar-refractivity contribution is -0.116. The van der Waals surface area contributed by atoms with Crippen LogP contribution in [-0.2, 0) is 4.79 Å². The summed E-state index contributed by atoms with van der Waals surface area (Å²) in [6.45, 7) is -0.654. The lowest BCUT2D eigenvalue weighted by atomic mass is 10.0. The smallest absolute Gasteiger partial charge is 0.293 e. The maximum absolute atomic E-state index is 12.6. The minimum absolute atomic E-state index is 0.265. The number of alkyl halides is 3. The fraction of sp³-hybridized carbons (Fsp3) is 0.357. The molecule has 0 aliphatic heterocycles. The van der Waals surface area contributed by atoms with Gasteiger partial charge in [-0.2, -0.15) is 0 Å². The number of aldehydes is 1. The Balaban J connectivity index is 0.000000841. The molecule has 2 atom stereocenters. The number of hydrogen-bond donors (Lipinski definition) is 4. The number of carbonyl (C=O) groups is 1. The molecule has 0 fully saturated rings. The van der Waals surface area contributed by atoms with Crippen LogP contribution in [0.5, 0.6) is 0 Å². The number of hydrogen-bond acceptors (Lipinski definition) is 6. The van der Waals surface area contributed by atoms with Gasteiger partial charge in [0.2, 0.25) is 0 Å². The zero-order valence-corrected chi connectivity index (χ0v) is 13.1. The zero-order chi connectivity index (χ0) is 17.8. The van der Waals surface area contributed by atoms with Gasteiger partial charge in [0, 0.05) is 5.56 Å². The highest BCUT2D eigenvalue weighted by Gasteiger charge is 2.19. The van der Waals surface area contributed by atoms with E-state index in [9.17, 15) is 18.3 Å². The topological polar surface area (TPSA) is 97.0 Å². The monoisotopic (exact) mass is 349 g/mol. The second-order valence-electron chi connectivity index (χ2n) is 4.15. The molecule has 9 heteroatoms. The average molecular weight is 349 g/mol. The third kappa shape index (κ3) is 7.91. The second kappa shape index (κ2) is 11.8. The van der Waals surface area contributed by atoms with Gasteiger partial charge in [-0.25, -0.2) is 13.2 Å². The highest BCUT2D eigenvalue weighted by Crippen LogP contribution is 2.19. The maximum Gasteiger partial charge on any atom is 0.293 e. The number of aliphatic hydroxyl groups excluding tert-OH is 1. The average Bonchev–Trinajstić information content (AvgIpc) is 2.56. The SMILES string of the molecule is CNC(CF)C(O)c1ccc(C(=N)SC=N)cc1.O=CC(F)F. The van der Waals surface area contributed by atoms with Crippen molar-refractivity contribution in [2.45, 2.75) is 18.6 Å². The van der Waals surface area contributed by atoms with Gasteiger partial charge in [0.1, 0.15) is 6.67 Å². The molecule has 23 heavy (non-hydrogen) atoms. The first kappa shape index (κ1) is 21.3. The Labute approximate surface area is 136 Å². The van der Waals surface area contributed by atoms with Crippen LogP contribution in [0.15, 0.2) is 24.3 Å². The summed E-state index contributed by atoms with van der Waals surface area (Å²) in [5.74, 6) is 0. The van der Waals surface area contributed by atoms with Gasteiger partial charge < -0.3 is 15.8 Å². The Morgan fingerprint density at radius 3 is 2.26 bits per heavy atom. The standard InChI is InChI=1S/C12H16FN3OS.C2H2F2O/c1-16-10(6-13)11(17)8-2-4-9(5-3-8)12(15)18-7-14;3-2(4)1-5/h2-5,7,10-11,14-17H,6H2,1H3;1-2H. The van der Waals surface area contributed by atoms with Crippen LogP contribution in [0.4, 0.5) is 13.2 Å². The molecule has 4 N–H and O–H groups in total. The van der Waals surface area contributed by atoms with Crippen molar-refractivity contribution in [1.82, 2.24) is 5.32 Å². The van der Waals surface area contributed by atoms with Crippen LogP contribution in [0.25, 0.3) is 0 Å². The maximum atomic E-state index is 12.6. The van der Waals surface area contributed by atoms with Gasteiger partial charge in [-0.15, -0.1) is 0 Å². The summed E-state index contributed by atoms with van der Waals surface area (Å²) in [6.07, 6.45) is -4.13. The van der Waals surface area contributed by atoms with Gasteiger partial charge in [-0.1, -0.05) is 36.0 Å². The summed E-state index contributed by atoms with van der Waals surface area (Å²) in [6, 6.07) is 6.06. The fourth-order valence-electron chi connectivity index (χ4n) is 1.51. The summed E-state index contributed by atoms with van der Waals surface area (Å²) < 4.78 is 33.4. The van der Waals surface area contributed by atoms with Crippen LogP contribution in [-0.4, -0.2) is 48.2 Å². The number of aliphatic hydroxyl groups is 1. The summed E-state index contributed by atoms with van der Waals surface area (Å²) in [4.78, 5) is 8.75. The summed E-state index contributed by atoms with van der Waals surface area (Å²) in [7, 11) is 1.60. The molecule has 5 nitrogen and oxygen atoms in total. The van der Waals surface area contributed by atoms with Crippen molar-refractivity contribution in [3.05, 3.63) is 35.4 Å². The Kier molecular flexibility index (Phi) is 10.9. The fourth-order valence-corrected chi connectivity index (χ4v) is 1.90. The van der Waals surface area contributed by atoms with Crippen LogP contribution < -0.4 is 5.32 Å². The van der Waals surface area contributed by atoms with E-state index < -0.39 is 31.5 Å². The van der Waals surface area contributed by atoms with E-state index in [1.54, 1.807) is 31.3 Å². The first-order chi connectivity index (χ1) is 10.9. The van der Waals surface area contributed by atoms with Crippen molar-refractivity contribution in [3.63, 3.8) is 0 Å². The third-order valence-corrected chi connectivity index (χ3v) is 3.30.